The number of aryl methyl sites for hydroxylation is 1. The van der Waals surface area contributed by atoms with Gasteiger partial charge in [-0.1, -0.05) is 66.7 Å². The summed E-state index contributed by atoms with van der Waals surface area (Å²) >= 11 is 0. The van der Waals surface area contributed by atoms with Gasteiger partial charge in [0.05, 0.1) is 6.54 Å². The van der Waals surface area contributed by atoms with E-state index in [9.17, 15) is 9.59 Å². The van der Waals surface area contributed by atoms with Crippen LogP contribution >= 0.6 is 0 Å². The van der Waals surface area contributed by atoms with Crippen LogP contribution in [-0.2, 0) is 11.3 Å². The van der Waals surface area contributed by atoms with Crippen molar-refractivity contribution in [3.8, 4) is 0 Å². The standard InChI is InChI=1S/C24H24N2O2/c1-19-10-8-9-15-22(19)24(28)25-17-16-23(27)26(21-13-6-3-7-14-21)18-20-11-4-2-5-12-20/h2-15H,16-18H2,1H3,(H,25,28). The number of carbonyl (C=O) groups is 2. The van der Waals surface area contributed by atoms with Crippen molar-refractivity contribution in [2.75, 3.05) is 11.4 Å². The number of para-hydroxylation sites is 1. The minimum Gasteiger partial charge on any atom is -0.352 e. The molecular weight excluding hydrogens is 348 g/mol. The van der Waals surface area contributed by atoms with E-state index in [0.29, 0.717) is 18.7 Å². The highest BCUT2D eigenvalue weighted by molar-refractivity contribution is 5.97. The average molecular weight is 372 g/mol. The van der Waals surface area contributed by atoms with Crippen LogP contribution < -0.4 is 10.2 Å². The predicted octanol–water partition coefficient (Wildman–Crippen LogP) is 4.35. The van der Waals surface area contributed by atoms with Gasteiger partial charge in [-0.25, -0.2) is 0 Å². The van der Waals surface area contributed by atoms with E-state index in [4.69, 9.17) is 0 Å². The highest BCUT2D eigenvalue weighted by Crippen LogP contribution is 2.18. The molecule has 0 bridgehead atoms. The number of hydrogen-bond donors (Lipinski definition) is 1. The number of nitrogens with zero attached hydrogens (tertiary/aromatic N) is 1. The zero-order valence-corrected chi connectivity index (χ0v) is 16.0. The lowest BCUT2D eigenvalue weighted by atomic mass is 10.1. The first-order chi connectivity index (χ1) is 13.6. The summed E-state index contributed by atoms with van der Waals surface area (Å²) in [6, 6.07) is 26.9. The van der Waals surface area contributed by atoms with Crippen LogP contribution in [0, 0.1) is 6.92 Å². The maximum atomic E-state index is 12.9. The molecule has 0 fully saturated rings. The van der Waals surface area contributed by atoms with Crippen molar-refractivity contribution in [1.82, 2.24) is 5.32 Å². The van der Waals surface area contributed by atoms with Gasteiger partial charge in [-0.15, -0.1) is 0 Å². The first kappa shape index (κ1) is 19.4. The minimum absolute atomic E-state index is 0.0277. The molecule has 3 aromatic rings. The summed E-state index contributed by atoms with van der Waals surface area (Å²) in [5.41, 5.74) is 3.46. The Hall–Kier alpha value is -3.40. The molecule has 0 unspecified atom stereocenters. The second kappa shape index (κ2) is 9.51. The van der Waals surface area contributed by atoms with Crippen molar-refractivity contribution in [3.63, 3.8) is 0 Å². The van der Waals surface area contributed by atoms with Gasteiger partial charge in [0.25, 0.3) is 5.91 Å². The number of nitrogens with one attached hydrogen (secondary N) is 1. The largest absolute Gasteiger partial charge is 0.352 e. The Morgan fingerprint density at radius 2 is 1.43 bits per heavy atom. The third-order valence-electron chi connectivity index (χ3n) is 4.57. The maximum Gasteiger partial charge on any atom is 0.251 e. The first-order valence-corrected chi connectivity index (χ1v) is 9.38. The van der Waals surface area contributed by atoms with Gasteiger partial charge in [0, 0.05) is 24.2 Å². The van der Waals surface area contributed by atoms with Crippen LogP contribution in [0.25, 0.3) is 0 Å². The SMILES string of the molecule is Cc1ccccc1C(=O)NCCC(=O)N(Cc1ccccc1)c1ccccc1. The molecule has 0 spiro atoms. The molecule has 0 atom stereocenters. The third kappa shape index (κ3) is 5.07. The summed E-state index contributed by atoms with van der Waals surface area (Å²) in [4.78, 5) is 27.0. The molecule has 0 radical (unpaired) electrons. The fraction of sp³-hybridized carbons (Fsp3) is 0.167. The molecule has 1 N–H and O–H groups in total. The van der Waals surface area contributed by atoms with Crippen LogP contribution in [-0.4, -0.2) is 18.4 Å². The van der Waals surface area contributed by atoms with E-state index in [0.717, 1.165) is 16.8 Å². The van der Waals surface area contributed by atoms with E-state index in [1.54, 1.807) is 11.0 Å². The molecule has 28 heavy (non-hydrogen) atoms. The van der Waals surface area contributed by atoms with E-state index >= 15 is 0 Å². The quantitative estimate of drug-likeness (QED) is 0.670. The average Bonchev–Trinajstić information content (AvgIpc) is 2.73. The van der Waals surface area contributed by atoms with Gasteiger partial charge in [0.1, 0.15) is 0 Å². The highest BCUT2D eigenvalue weighted by atomic mass is 16.2. The Kier molecular flexibility index (Phi) is 6.58. The fourth-order valence-electron chi connectivity index (χ4n) is 3.04. The summed E-state index contributed by atoms with van der Waals surface area (Å²) < 4.78 is 0. The van der Waals surface area contributed by atoms with E-state index in [2.05, 4.69) is 5.32 Å². The molecule has 0 aliphatic carbocycles. The van der Waals surface area contributed by atoms with Gasteiger partial charge in [-0.3, -0.25) is 9.59 Å². The number of rotatable bonds is 7. The topological polar surface area (TPSA) is 49.4 Å². The van der Waals surface area contributed by atoms with Gasteiger partial charge in [0.15, 0.2) is 0 Å². The molecule has 0 aromatic heterocycles. The van der Waals surface area contributed by atoms with Gasteiger partial charge in [0.2, 0.25) is 5.91 Å². The Labute approximate surface area is 165 Å². The molecule has 4 nitrogen and oxygen atoms in total. The zero-order valence-electron chi connectivity index (χ0n) is 16.0. The van der Waals surface area contributed by atoms with Crippen LogP contribution in [0.4, 0.5) is 5.69 Å². The van der Waals surface area contributed by atoms with Crippen LogP contribution in [0.15, 0.2) is 84.9 Å². The second-order valence-corrected chi connectivity index (χ2v) is 6.62. The van der Waals surface area contributed by atoms with Gasteiger partial charge in [-0.05, 0) is 36.2 Å². The lowest BCUT2D eigenvalue weighted by molar-refractivity contribution is -0.118. The van der Waals surface area contributed by atoms with E-state index < -0.39 is 0 Å². The van der Waals surface area contributed by atoms with Crippen LogP contribution in [0.5, 0.6) is 0 Å². The summed E-state index contributed by atoms with van der Waals surface area (Å²) in [7, 11) is 0. The minimum atomic E-state index is -0.153. The van der Waals surface area contributed by atoms with Gasteiger partial charge in [-0.2, -0.15) is 0 Å². The molecule has 2 amide bonds. The number of anilines is 1. The molecule has 142 valence electrons. The third-order valence-corrected chi connectivity index (χ3v) is 4.57. The van der Waals surface area contributed by atoms with Crippen molar-refractivity contribution in [1.29, 1.82) is 0 Å². The zero-order chi connectivity index (χ0) is 19.8. The van der Waals surface area contributed by atoms with Crippen molar-refractivity contribution in [3.05, 3.63) is 102 Å². The predicted molar refractivity (Wildman–Crippen MR) is 112 cm³/mol. The van der Waals surface area contributed by atoms with E-state index in [-0.39, 0.29) is 18.2 Å². The molecule has 0 aliphatic heterocycles. The number of amides is 2. The maximum absolute atomic E-state index is 12.9. The van der Waals surface area contributed by atoms with Crippen molar-refractivity contribution in [2.24, 2.45) is 0 Å². The lowest BCUT2D eigenvalue weighted by Crippen LogP contribution is -2.34. The lowest BCUT2D eigenvalue weighted by Gasteiger charge is -2.23. The van der Waals surface area contributed by atoms with E-state index in [1.165, 1.54) is 0 Å². The molecule has 0 heterocycles. The second-order valence-electron chi connectivity index (χ2n) is 6.62. The number of benzene rings is 3. The monoisotopic (exact) mass is 372 g/mol. The summed E-state index contributed by atoms with van der Waals surface area (Å²) in [6.45, 7) is 2.69. The molecule has 3 rings (SSSR count). The molecular formula is C24H24N2O2. The molecule has 0 aliphatic rings. The van der Waals surface area contributed by atoms with Crippen LogP contribution in [0.3, 0.4) is 0 Å². The fourth-order valence-corrected chi connectivity index (χ4v) is 3.04. The van der Waals surface area contributed by atoms with Crippen LogP contribution in [0.2, 0.25) is 0 Å². The Balaban J connectivity index is 1.64. The number of carbonyl (C=O) groups excluding carboxylic acids is 2. The Morgan fingerprint density at radius 3 is 2.11 bits per heavy atom. The van der Waals surface area contributed by atoms with Crippen molar-refractivity contribution >= 4 is 17.5 Å². The Bertz CT molecular complexity index is 924. The summed E-state index contributed by atoms with van der Waals surface area (Å²) in [5.74, 6) is -0.180. The van der Waals surface area contributed by atoms with Crippen LogP contribution in [0.1, 0.15) is 27.9 Å². The first-order valence-electron chi connectivity index (χ1n) is 9.38. The van der Waals surface area contributed by atoms with E-state index in [1.807, 2.05) is 85.8 Å². The van der Waals surface area contributed by atoms with Crippen molar-refractivity contribution in [2.45, 2.75) is 19.9 Å². The summed E-state index contributed by atoms with van der Waals surface area (Å²) in [5, 5.41) is 2.85. The molecule has 0 saturated carbocycles. The summed E-state index contributed by atoms with van der Waals surface area (Å²) in [6.07, 6.45) is 0.235. The van der Waals surface area contributed by atoms with Crippen molar-refractivity contribution < 1.29 is 9.59 Å². The van der Waals surface area contributed by atoms with Gasteiger partial charge < -0.3 is 10.2 Å². The molecule has 0 saturated heterocycles. The molecule has 4 heteroatoms. The number of hydrogen-bond acceptors (Lipinski definition) is 2. The van der Waals surface area contributed by atoms with Gasteiger partial charge >= 0.3 is 0 Å². The Morgan fingerprint density at radius 1 is 0.821 bits per heavy atom. The smallest absolute Gasteiger partial charge is 0.251 e. The normalized spacial score (nSPS) is 10.3. The molecule has 3 aromatic carbocycles. The highest BCUT2D eigenvalue weighted by Gasteiger charge is 2.16.